The zero-order chi connectivity index (χ0) is 7.71. The van der Waals surface area contributed by atoms with Gasteiger partial charge in [-0.05, 0) is 6.92 Å². The fourth-order valence-electron chi connectivity index (χ4n) is 0.293. The van der Waals surface area contributed by atoms with Crippen molar-refractivity contribution < 1.29 is 0 Å². The Morgan fingerprint density at radius 1 is 1.00 bits per heavy atom. The SMILES string of the molecule is [CH2]C(Cl)(Cl)CC(Cl)(Cl)Cl. The van der Waals surface area contributed by atoms with Crippen LogP contribution in [0.5, 0.6) is 0 Å². The van der Waals surface area contributed by atoms with E-state index in [1.165, 1.54) is 0 Å². The summed E-state index contributed by atoms with van der Waals surface area (Å²) in [6, 6.07) is 0. The van der Waals surface area contributed by atoms with E-state index in [2.05, 4.69) is 6.92 Å². The molecule has 9 heavy (non-hydrogen) atoms. The van der Waals surface area contributed by atoms with Crippen molar-refractivity contribution in [2.24, 2.45) is 0 Å². The standard InChI is InChI=1S/C4H4Cl5/c1-3(5,6)2-4(7,8)9/h1-2H2. The van der Waals surface area contributed by atoms with Crippen LogP contribution in [0.1, 0.15) is 6.42 Å². The number of hydrogen-bond acceptors (Lipinski definition) is 0. The summed E-state index contributed by atoms with van der Waals surface area (Å²) in [5.74, 6) is 0. The Morgan fingerprint density at radius 3 is 1.33 bits per heavy atom. The van der Waals surface area contributed by atoms with E-state index in [4.69, 9.17) is 58.0 Å². The van der Waals surface area contributed by atoms with Crippen LogP contribution < -0.4 is 0 Å². The lowest BCUT2D eigenvalue weighted by Crippen LogP contribution is -2.17. The molecule has 0 atom stereocenters. The van der Waals surface area contributed by atoms with Crippen LogP contribution in [-0.4, -0.2) is 8.13 Å². The van der Waals surface area contributed by atoms with Crippen molar-refractivity contribution in [1.29, 1.82) is 0 Å². The lowest BCUT2D eigenvalue weighted by Gasteiger charge is -2.18. The van der Waals surface area contributed by atoms with Gasteiger partial charge in [0, 0.05) is 6.42 Å². The molecule has 0 unspecified atom stereocenters. The second kappa shape index (κ2) is 3.23. The molecule has 0 aliphatic carbocycles. The molecule has 55 valence electrons. The first kappa shape index (κ1) is 10.4. The third-order valence-electron chi connectivity index (χ3n) is 0.459. The molecule has 0 bridgehead atoms. The molecule has 0 aliphatic rings. The van der Waals surface area contributed by atoms with Gasteiger partial charge >= 0.3 is 0 Å². The van der Waals surface area contributed by atoms with Crippen molar-refractivity contribution >= 4 is 58.0 Å². The van der Waals surface area contributed by atoms with Crippen LogP contribution in [-0.2, 0) is 0 Å². The Kier molecular flexibility index (Phi) is 3.75. The molecule has 0 aliphatic heterocycles. The summed E-state index contributed by atoms with van der Waals surface area (Å²) >= 11 is 26.9. The largest absolute Gasteiger partial charge is 0.193 e. The summed E-state index contributed by atoms with van der Waals surface area (Å²) in [7, 11) is 0. The summed E-state index contributed by atoms with van der Waals surface area (Å²) in [6.07, 6.45) is 0.00772. The van der Waals surface area contributed by atoms with E-state index >= 15 is 0 Å². The van der Waals surface area contributed by atoms with Crippen LogP contribution in [0, 0.1) is 6.92 Å². The van der Waals surface area contributed by atoms with E-state index in [0.29, 0.717) is 0 Å². The first-order chi connectivity index (χ1) is 3.71. The molecule has 0 aromatic heterocycles. The maximum Gasteiger partial charge on any atom is 0.193 e. The van der Waals surface area contributed by atoms with Crippen LogP contribution >= 0.6 is 58.0 Å². The fourth-order valence-corrected chi connectivity index (χ4v) is 1.79. The molecule has 0 saturated heterocycles. The lowest BCUT2D eigenvalue weighted by molar-refractivity contribution is 0.826. The Balaban J connectivity index is 3.75. The minimum absolute atomic E-state index is 0.00772. The van der Waals surface area contributed by atoms with Crippen LogP contribution in [0.4, 0.5) is 0 Å². The fraction of sp³-hybridized carbons (Fsp3) is 0.750. The maximum absolute atomic E-state index is 5.42. The van der Waals surface area contributed by atoms with Gasteiger partial charge in [0.25, 0.3) is 0 Å². The van der Waals surface area contributed by atoms with Crippen molar-refractivity contribution in [3.63, 3.8) is 0 Å². The summed E-state index contributed by atoms with van der Waals surface area (Å²) in [5, 5.41) is 0. The number of hydrogen-bond donors (Lipinski definition) is 0. The highest BCUT2D eigenvalue weighted by molar-refractivity contribution is 6.68. The van der Waals surface area contributed by atoms with Gasteiger partial charge in [0.05, 0.1) is 0 Å². The summed E-state index contributed by atoms with van der Waals surface area (Å²) in [6.45, 7) is 3.33. The van der Waals surface area contributed by atoms with E-state index in [1.54, 1.807) is 0 Å². The topological polar surface area (TPSA) is 0 Å². The molecule has 5 heteroatoms. The molecule has 0 amide bonds. The smallest absolute Gasteiger partial charge is 0.101 e. The second-order valence-electron chi connectivity index (χ2n) is 1.65. The predicted octanol–water partition coefficient (Wildman–Crippen LogP) is 3.75. The first-order valence-corrected chi connectivity index (χ1v) is 3.90. The summed E-state index contributed by atoms with van der Waals surface area (Å²) in [4.78, 5) is 0. The van der Waals surface area contributed by atoms with Crippen molar-refractivity contribution in [2.45, 2.75) is 14.5 Å². The highest BCUT2D eigenvalue weighted by Crippen LogP contribution is 2.39. The number of halogens is 5. The normalized spacial score (nSPS) is 14.0. The Labute approximate surface area is 79.4 Å². The van der Waals surface area contributed by atoms with Gasteiger partial charge in [0.15, 0.2) is 3.79 Å². The quantitative estimate of drug-likeness (QED) is 0.601. The van der Waals surface area contributed by atoms with Gasteiger partial charge in [0.2, 0.25) is 0 Å². The molecule has 0 aromatic carbocycles. The molecule has 0 nitrogen and oxygen atoms in total. The highest BCUT2D eigenvalue weighted by Gasteiger charge is 2.30. The molecule has 0 aromatic rings. The number of rotatable bonds is 1. The van der Waals surface area contributed by atoms with Crippen molar-refractivity contribution in [1.82, 2.24) is 0 Å². The molecule has 0 fully saturated rings. The van der Waals surface area contributed by atoms with Gasteiger partial charge in [-0.1, -0.05) is 34.8 Å². The molecule has 0 heterocycles. The molecule has 0 saturated carbocycles. The van der Waals surface area contributed by atoms with E-state index < -0.39 is 8.13 Å². The monoisotopic (exact) mass is 227 g/mol. The van der Waals surface area contributed by atoms with Gasteiger partial charge in [-0.2, -0.15) is 0 Å². The minimum atomic E-state index is -1.43. The minimum Gasteiger partial charge on any atom is -0.101 e. The summed E-state index contributed by atoms with van der Waals surface area (Å²) < 4.78 is -2.64. The van der Waals surface area contributed by atoms with E-state index in [-0.39, 0.29) is 6.42 Å². The van der Waals surface area contributed by atoms with Crippen molar-refractivity contribution in [3.05, 3.63) is 6.92 Å². The maximum atomic E-state index is 5.42. The Morgan fingerprint density at radius 2 is 1.33 bits per heavy atom. The van der Waals surface area contributed by atoms with Gasteiger partial charge in [0.1, 0.15) is 4.33 Å². The van der Waals surface area contributed by atoms with E-state index in [1.807, 2.05) is 0 Å². The van der Waals surface area contributed by atoms with E-state index in [9.17, 15) is 0 Å². The van der Waals surface area contributed by atoms with Crippen LogP contribution in [0.2, 0.25) is 0 Å². The molecule has 1 radical (unpaired) electrons. The highest BCUT2D eigenvalue weighted by atomic mass is 35.6. The van der Waals surface area contributed by atoms with Gasteiger partial charge < -0.3 is 0 Å². The third-order valence-corrected chi connectivity index (χ3v) is 1.13. The predicted molar refractivity (Wildman–Crippen MR) is 44.7 cm³/mol. The number of alkyl halides is 5. The Bertz CT molecular complexity index is 74.1. The van der Waals surface area contributed by atoms with E-state index in [0.717, 1.165) is 0 Å². The van der Waals surface area contributed by atoms with Gasteiger partial charge in [-0.3, -0.25) is 0 Å². The van der Waals surface area contributed by atoms with Gasteiger partial charge in [-0.25, -0.2) is 0 Å². The Hall–Kier alpha value is 1.45. The third kappa shape index (κ3) is 9.45. The molecule has 0 N–H and O–H groups in total. The molecule has 0 rings (SSSR count). The first-order valence-electron chi connectivity index (χ1n) is 2.01. The van der Waals surface area contributed by atoms with Crippen molar-refractivity contribution in [3.8, 4) is 0 Å². The zero-order valence-corrected chi connectivity index (χ0v) is 8.08. The van der Waals surface area contributed by atoms with Crippen LogP contribution in [0.15, 0.2) is 0 Å². The lowest BCUT2D eigenvalue weighted by atomic mass is 10.3. The van der Waals surface area contributed by atoms with Crippen LogP contribution in [0.3, 0.4) is 0 Å². The molecular formula is C4H4Cl5. The van der Waals surface area contributed by atoms with Crippen LogP contribution in [0.25, 0.3) is 0 Å². The molecular weight excluding hydrogens is 225 g/mol. The molecule has 0 spiro atoms. The average Bonchev–Trinajstić information content (AvgIpc) is 1.14. The zero-order valence-electron chi connectivity index (χ0n) is 4.30. The average molecular weight is 229 g/mol. The second-order valence-corrected chi connectivity index (χ2v) is 5.80. The summed E-state index contributed by atoms with van der Waals surface area (Å²) in [5.41, 5.74) is 0. The van der Waals surface area contributed by atoms with Gasteiger partial charge in [-0.15, -0.1) is 23.2 Å². The van der Waals surface area contributed by atoms with Crippen molar-refractivity contribution in [2.75, 3.05) is 0 Å².